The van der Waals surface area contributed by atoms with Gasteiger partial charge in [-0.05, 0) is 25.2 Å². The molecule has 1 heterocycles. The molecule has 10 nitrogen and oxygen atoms in total. The van der Waals surface area contributed by atoms with E-state index in [0.29, 0.717) is 0 Å². The molecule has 0 spiro atoms. The van der Waals surface area contributed by atoms with Crippen LogP contribution < -0.4 is 10.3 Å². The zero-order valence-electron chi connectivity index (χ0n) is 11.8. The number of rotatable bonds is 5. The number of nitro groups is 1. The van der Waals surface area contributed by atoms with Crippen LogP contribution in [-0.4, -0.2) is 37.7 Å². The smallest absolute Gasteiger partial charge is 0.315 e. The Morgan fingerprint density at radius 2 is 2.35 bits per heavy atom. The van der Waals surface area contributed by atoms with Gasteiger partial charge < -0.3 is 9.84 Å². The number of ether oxygens (including phenoxy) is 1. The van der Waals surface area contributed by atoms with Crippen LogP contribution in [0.25, 0.3) is 0 Å². The van der Waals surface area contributed by atoms with E-state index in [4.69, 9.17) is 17.0 Å². The molecule has 0 bridgehead atoms. The lowest BCUT2D eigenvalue weighted by Gasteiger charge is -2.07. The molecule has 0 fully saturated rings. The summed E-state index contributed by atoms with van der Waals surface area (Å²) >= 11 is 4.87. The van der Waals surface area contributed by atoms with E-state index in [1.54, 1.807) is 6.92 Å². The maximum Gasteiger partial charge on any atom is 0.315 e. The van der Waals surface area contributed by atoms with Crippen LogP contribution in [-0.2, 0) is 0 Å². The second-order valence-electron chi connectivity index (χ2n) is 4.15. The number of hydrogen-bond acceptors (Lipinski definition) is 8. The van der Waals surface area contributed by atoms with Crippen molar-refractivity contribution in [1.82, 2.24) is 14.9 Å². The summed E-state index contributed by atoms with van der Waals surface area (Å²) in [6.07, 6.45) is 2.16. The van der Waals surface area contributed by atoms with Crippen LogP contribution in [0, 0.1) is 14.9 Å². The molecule has 0 atom stereocenters. The number of nitro benzene ring substituents is 1. The van der Waals surface area contributed by atoms with Crippen LogP contribution in [0.15, 0.2) is 28.2 Å². The number of aromatic nitrogens is 3. The van der Waals surface area contributed by atoms with Gasteiger partial charge in [-0.3, -0.25) is 20.0 Å². The van der Waals surface area contributed by atoms with Crippen molar-refractivity contribution in [1.29, 1.82) is 0 Å². The summed E-state index contributed by atoms with van der Waals surface area (Å²) in [5.74, 6) is -0.636. The predicted octanol–water partition coefficient (Wildman–Crippen LogP) is 1.20. The lowest BCUT2D eigenvalue weighted by molar-refractivity contribution is -0.386. The van der Waals surface area contributed by atoms with Gasteiger partial charge in [-0.25, -0.2) is 0 Å². The van der Waals surface area contributed by atoms with Gasteiger partial charge in [0.05, 0.1) is 17.7 Å². The third kappa shape index (κ3) is 3.58. The Kier molecular flexibility index (Phi) is 4.81. The van der Waals surface area contributed by atoms with Crippen molar-refractivity contribution in [3.63, 3.8) is 0 Å². The number of nitrogens with zero attached hydrogens (tertiary/aromatic N) is 4. The Labute approximate surface area is 133 Å². The average Bonchev–Trinajstić information content (AvgIpc) is 2.49. The first kappa shape index (κ1) is 16.3. The molecule has 0 saturated heterocycles. The highest BCUT2D eigenvalue weighted by molar-refractivity contribution is 7.71. The van der Waals surface area contributed by atoms with E-state index in [2.05, 4.69) is 15.3 Å². The van der Waals surface area contributed by atoms with Crippen LogP contribution in [0.1, 0.15) is 12.5 Å². The number of hydrogen-bond donors (Lipinski definition) is 2. The van der Waals surface area contributed by atoms with Crippen LogP contribution in [0.2, 0.25) is 0 Å². The predicted molar refractivity (Wildman–Crippen MR) is 82.6 cm³/mol. The number of phenolic OH excluding ortho intramolecular Hbond substituents is 1. The summed E-state index contributed by atoms with van der Waals surface area (Å²) in [6.45, 7) is 1.88. The van der Waals surface area contributed by atoms with Crippen molar-refractivity contribution < 1.29 is 14.8 Å². The summed E-state index contributed by atoms with van der Waals surface area (Å²) in [4.78, 5) is 21.8. The Bertz CT molecular complexity index is 860. The topological polar surface area (TPSA) is 136 Å². The monoisotopic (exact) mass is 337 g/mol. The Morgan fingerprint density at radius 3 is 2.96 bits per heavy atom. The molecule has 2 rings (SSSR count). The van der Waals surface area contributed by atoms with Gasteiger partial charge in [-0.2, -0.15) is 14.9 Å². The highest BCUT2D eigenvalue weighted by Crippen LogP contribution is 2.36. The van der Waals surface area contributed by atoms with Gasteiger partial charge >= 0.3 is 5.69 Å². The molecule has 1 aromatic carbocycles. The van der Waals surface area contributed by atoms with Crippen molar-refractivity contribution in [3.05, 3.63) is 49.1 Å². The van der Waals surface area contributed by atoms with Crippen molar-refractivity contribution in [2.75, 3.05) is 6.61 Å². The first-order valence-electron chi connectivity index (χ1n) is 6.29. The lowest BCUT2D eigenvalue weighted by atomic mass is 10.2. The van der Waals surface area contributed by atoms with E-state index in [1.165, 1.54) is 12.3 Å². The number of benzene rings is 1. The third-order valence-electron chi connectivity index (χ3n) is 2.63. The van der Waals surface area contributed by atoms with Gasteiger partial charge in [0.1, 0.15) is 6.20 Å². The second-order valence-corrected chi connectivity index (χ2v) is 4.53. The molecule has 0 aliphatic heterocycles. The molecule has 120 valence electrons. The maximum atomic E-state index is 11.6. The van der Waals surface area contributed by atoms with Gasteiger partial charge in [0.2, 0.25) is 10.5 Å². The van der Waals surface area contributed by atoms with E-state index in [9.17, 15) is 20.0 Å². The van der Waals surface area contributed by atoms with Crippen molar-refractivity contribution in [2.45, 2.75) is 6.92 Å². The zero-order chi connectivity index (χ0) is 17.0. The largest absolute Gasteiger partial charge is 0.500 e. The quantitative estimate of drug-likeness (QED) is 0.362. The number of nitrogens with one attached hydrogen (secondary N) is 1. The lowest BCUT2D eigenvalue weighted by Crippen LogP contribution is -2.18. The fraction of sp³-hybridized carbons (Fsp3) is 0.167. The minimum atomic E-state index is -0.750. The van der Waals surface area contributed by atoms with E-state index < -0.39 is 21.9 Å². The zero-order valence-corrected chi connectivity index (χ0v) is 12.6. The van der Waals surface area contributed by atoms with Gasteiger partial charge in [0, 0.05) is 11.6 Å². The number of phenols is 1. The molecule has 23 heavy (non-hydrogen) atoms. The Balaban J connectivity index is 2.51. The van der Waals surface area contributed by atoms with Crippen LogP contribution in [0.3, 0.4) is 0 Å². The summed E-state index contributed by atoms with van der Waals surface area (Å²) in [5, 5.41) is 30.5. The van der Waals surface area contributed by atoms with Gasteiger partial charge in [-0.1, -0.05) is 0 Å². The molecular weight excluding hydrogens is 326 g/mol. The number of H-pyrrole nitrogens is 1. The van der Waals surface area contributed by atoms with E-state index in [-0.39, 0.29) is 22.7 Å². The number of aromatic amines is 1. The minimum absolute atomic E-state index is 0.0351. The molecule has 11 heteroatoms. The van der Waals surface area contributed by atoms with Gasteiger partial charge in [0.25, 0.3) is 5.56 Å². The van der Waals surface area contributed by atoms with Crippen molar-refractivity contribution in [3.8, 4) is 11.5 Å². The molecule has 0 saturated carbocycles. The van der Waals surface area contributed by atoms with E-state index >= 15 is 0 Å². The van der Waals surface area contributed by atoms with E-state index in [1.807, 2.05) is 0 Å². The molecule has 0 aliphatic carbocycles. The number of aromatic hydroxyl groups is 1. The second kappa shape index (κ2) is 6.79. The van der Waals surface area contributed by atoms with Gasteiger partial charge in [-0.15, -0.1) is 0 Å². The molecular formula is C12H11N5O5S. The summed E-state index contributed by atoms with van der Waals surface area (Å²) in [6, 6.07) is 2.45. The summed E-state index contributed by atoms with van der Waals surface area (Å²) < 4.78 is 5.97. The fourth-order valence-corrected chi connectivity index (χ4v) is 1.86. The van der Waals surface area contributed by atoms with Crippen LogP contribution >= 0.6 is 12.2 Å². The average molecular weight is 337 g/mol. The van der Waals surface area contributed by atoms with Gasteiger partial charge in [0.15, 0.2) is 5.75 Å². The summed E-state index contributed by atoms with van der Waals surface area (Å²) in [5.41, 5.74) is -0.857. The first-order chi connectivity index (χ1) is 10.9. The minimum Gasteiger partial charge on any atom is -0.500 e. The normalized spacial score (nSPS) is 10.8. The molecule has 0 unspecified atom stereocenters. The fourth-order valence-electron chi connectivity index (χ4n) is 1.67. The molecule has 0 radical (unpaired) electrons. The maximum absolute atomic E-state index is 11.6. The summed E-state index contributed by atoms with van der Waals surface area (Å²) in [7, 11) is 0. The van der Waals surface area contributed by atoms with Crippen molar-refractivity contribution >= 4 is 24.1 Å². The standard InChI is InChI=1S/C12H11N5O5S/c1-2-22-9-4-7(3-8(11(9)19)17(20)21)5-14-16-10(18)6-13-15-12(16)23/h3-6,19H,2H2,1H3,(H,15,23)/b14-5-. The Hall–Kier alpha value is -3.08. The van der Waals surface area contributed by atoms with Crippen molar-refractivity contribution in [2.24, 2.45) is 5.10 Å². The van der Waals surface area contributed by atoms with E-state index in [0.717, 1.165) is 16.9 Å². The molecule has 2 N–H and O–H groups in total. The third-order valence-corrected chi connectivity index (χ3v) is 2.90. The highest BCUT2D eigenvalue weighted by atomic mass is 32.1. The highest BCUT2D eigenvalue weighted by Gasteiger charge is 2.19. The van der Waals surface area contributed by atoms with Crippen LogP contribution in [0.4, 0.5) is 5.69 Å². The molecule has 0 amide bonds. The first-order valence-corrected chi connectivity index (χ1v) is 6.70. The SMILES string of the molecule is CCOc1cc(/C=N\n2c(=O)cn[nH]c2=S)cc([N+](=O)[O-])c1O. The molecule has 0 aliphatic rings. The molecule has 1 aromatic heterocycles. The van der Waals surface area contributed by atoms with Crippen LogP contribution in [0.5, 0.6) is 11.5 Å². The molecule has 2 aromatic rings. The Morgan fingerprint density at radius 1 is 1.61 bits per heavy atom.